The highest BCUT2D eigenvalue weighted by molar-refractivity contribution is 5.95. The number of amides is 2. The first-order valence-corrected chi connectivity index (χ1v) is 12.9. The van der Waals surface area contributed by atoms with Gasteiger partial charge in [0.2, 0.25) is 17.7 Å². The number of carbonyl (C=O) groups is 3. The third-order valence-electron chi connectivity index (χ3n) is 7.06. The first kappa shape index (κ1) is 25.1. The number of nitrogens with zero attached hydrogens (tertiary/aromatic N) is 4. The number of aromatic nitrogens is 2. The van der Waals surface area contributed by atoms with Crippen LogP contribution in [0.25, 0.3) is 0 Å². The van der Waals surface area contributed by atoms with Gasteiger partial charge in [-0.2, -0.15) is 0 Å². The molecule has 1 aromatic carbocycles. The van der Waals surface area contributed by atoms with Gasteiger partial charge in [0.15, 0.2) is 5.82 Å². The highest BCUT2D eigenvalue weighted by Crippen LogP contribution is 2.35. The Morgan fingerprint density at radius 2 is 1.62 bits per heavy atom. The Morgan fingerprint density at radius 1 is 0.946 bits per heavy atom. The average Bonchev–Trinajstić information content (AvgIpc) is 3.82. The van der Waals surface area contributed by atoms with E-state index in [1.165, 1.54) is 31.5 Å². The van der Waals surface area contributed by atoms with E-state index in [4.69, 9.17) is 9.47 Å². The Morgan fingerprint density at radius 3 is 2.19 bits per heavy atom. The second-order valence-corrected chi connectivity index (χ2v) is 10.2. The van der Waals surface area contributed by atoms with Gasteiger partial charge in [-0.1, -0.05) is 0 Å². The Kier molecular flexibility index (Phi) is 7.36. The number of carboxylic acid groups (broad SMARTS) is 1. The standard InChI is InChI=1S/C27H32N4O6/c1-17(32)30(15-18-2-3-18)22-10-21(27(34)35)11-23(12-22)37-25-14-28-24(13-29-25)31(16-19-4-5-19)26(33)20-6-8-36-9-7-20/h10-14,18-20H,2-9,15-16H2,1H3,(H,34,35). The van der Waals surface area contributed by atoms with E-state index in [0.717, 1.165) is 25.7 Å². The van der Waals surface area contributed by atoms with Crippen LogP contribution in [-0.2, 0) is 14.3 Å². The third kappa shape index (κ3) is 6.43. The van der Waals surface area contributed by atoms with Gasteiger partial charge in [0.1, 0.15) is 5.75 Å². The van der Waals surface area contributed by atoms with Gasteiger partial charge in [0, 0.05) is 50.9 Å². The van der Waals surface area contributed by atoms with Crippen molar-refractivity contribution in [3.63, 3.8) is 0 Å². The number of benzene rings is 1. The lowest BCUT2D eigenvalue weighted by Crippen LogP contribution is -2.40. The van der Waals surface area contributed by atoms with Crippen LogP contribution < -0.4 is 14.5 Å². The number of ether oxygens (including phenoxy) is 2. The second-order valence-electron chi connectivity index (χ2n) is 10.2. The minimum atomic E-state index is -1.12. The zero-order valence-corrected chi connectivity index (χ0v) is 21.0. The Hall–Kier alpha value is -3.53. The lowest BCUT2D eigenvalue weighted by Gasteiger charge is -2.28. The van der Waals surface area contributed by atoms with E-state index >= 15 is 0 Å². The van der Waals surface area contributed by atoms with Crippen molar-refractivity contribution in [2.24, 2.45) is 17.8 Å². The molecule has 2 amide bonds. The Balaban J connectivity index is 1.35. The van der Waals surface area contributed by atoms with E-state index in [1.807, 2.05) is 0 Å². The SMILES string of the molecule is CC(=O)N(CC1CC1)c1cc(Oc2cnc(N(CC3CC3)C(=O)C3CCOCC3)cn2)cc(C(=O)O)c1. The molecule has 1 aliphatic heterocycles. The smallest absolute Gasteiger partial charge is 0.335 e. The molecule has 2 heterocycles. The second kappa shape index (κ2) is 10.8. The van der Waals surface area contributed by atoms with Crippen LogP contribution in [0.1, 0.15) is 55.8 Å². The number of rotatable bonds is 10. The van der Waals surface area contributed by atoms with Gasteiger partial charge in [-0.05, 0) is 62.5 Å². The van der Waals surface area contributed by atoms with Crippen LogP contribution in [0.3, 0.4) is 0 Å². The van der Waals surface area contributed by atoms with Gasteiger partial charge in [0.25, 0.3) is 0 Å². The molecular formula is C27H32N4O6. The summed E-state index contributed by atoms with van der Waals surface area (Å²) < 4.78 is 11.3. The maximum atomic E-state index is 13.3. The summed E-state index contributed by atoms with van der Waals surface area (Å²) in [6.07, 6.45) is 8.69. The summed E-state index contributed by atoms with van der Waals surface area (Å²) in [6, 6.07) is 4.51. The fourth-order valence-corrected chi connectivity index (χ4v) is 4.54. The molecule has 1 N–H and O–H groups in total. The van der Waals surface area contributed by atoms with Gasteiger partial charge in [-0.25, -0.2) is 14.8 Å². The largest absolute Gasteiger partial charge is 0.478 e. The number of anilines is 2. The molecule has 10 heteroatoms. The van der Waals surface area contributed by atoms with E-state index in [2.05, 4.69) is 9.97 Å². The van der Waals surface area contributed by atoms with E-state index < -0.39 is 5.97 Å². The van der Waals surface area contributed by atoms with Crippen molar-refractivity contribution in [3.05, 3.63) is 36.2 Å². The fraction of sp³-hybridized carbons (Fsp3) is 0.519. The molecule has 5 rings (SSSR count). The maximum Gasteiger partial charge on any atom is 0.335 e. The Labute approximate surface area is 215 Å². The van der Waals surface area contributed by atoms with Crippen molar-refractivity contribution in [1.29, 1.82) is 0 Å². The molecule has 3 aliphatic rings. The first-order chi connectivity index (χ1) is 17.9. The molecule has 0 radical (unpaired) electrons. The summed E-state index contributed by atoms with van der Waals surface area (Å²) in [5.74, 6) is 0.494. The molecule has 3 fully saturated rings. The quantitative estimate of drug-likeness (QED) is 0.513. The van der Waals surface area contributed by atoms with Gasteiger partial charge >= 0.3 is 5.97 Å². The summed E-state index contributed by atoms with van der Waals surface area (Å²) in [7, 11) is 0. The zero-order chi connectivity index (χ0) is 25.9. The number of hydrogen-bond acceptors (Lipinski definition) is 7. The normalized spacial score (nSPS) is 17.8. The third-order valence-corrected chi connectivity index (χ3v) is 7.06. The summed E-state index contributed by atoms with van der Waals surface area (Å²) in [5.41, 5.74) is 0.480. The first-order valence-electron chi connectivity index (χ1n) is 12.9. The minimum absolute atomic E-state index is 0.0109. The van der Waals surface area contributed by atoms with Gasteiger partial charge in [-0.15, -0.1) is 0 Å². The molecular weight excluding hydrogens is 476 g/mol. The van der Waals surface area contributed by atoms with Gasteiger partial charge in [0.05, 0.1) is 18.0 Å². The summed E-state index contributed by atoms with van der Waals surface area (Å²) >= 11 is 0. The lowest BCUT2D eigenvalue weighted by atomic mass is 9.98. The molecule has 196 valence electrons. The van der Waals surface area contributed by atoms with Crippen molar-refractivity contribution < 1.29 is 29.0 Å². The summed E-state index contributed by atoms with van der Waals surface area (Å²) in [6.45, 7) is 3.81. The van der Waals surface area contributed by atoms with Crippen LogP contribution in [0, 0.1) is 17.8 Å². The number of carbonyl (C=O) groups excluding carboxylic acids is 2. The van der Waals surface area contributed by atoms with Crippen molar-refractivity contribution >= 4 is 29.3 Å². The molecule has 1 saturated heterocycles. The van der Waals surface area contributed by atoms with Crippen molar-refractivity contribution in [1.82, 2.24) is 9.97 Å². The topological polar surface area (TPSA) is 122 Å². The number of hydrogen-bond donors (Lipinski definition) is 1. The predicted molar refractivity (Wildman–Crippen MR) is 135 cm³/mol. The highest BCUT2D eigenvalue weighted by Gasteiger charge is 2.33. The van der Waals surface area contributed by atoms with E-state index in [9.17, 15) is 19.5 Å². The molecule has 0 spiro atoms. The van der Waals surface area contributed by atoms with Crippen molar-refractivity contribution in [2.75, 3.05) is 36.1 Å². The molecule has 37 heavy (non-hydrogen) atoms. The maximum absolute atomic E-state index is 13.3. The van der Waals surface area contributed by atoms with Crippen LogP contribution in [0.15, 0.2) is 30.6 Å². The predicted octanol–water partition coefficient (Wildman–Crippen LogP) is 3.90. The van der Waals surface area contributed by atoms with Crippen molar-refractivity contribution in [2.45, 2.75) is 45.4 Å². The number of aromatic carboxylic acids is 1. The van der Waals surface area contributed by atoms with Gasteiger partial charge in [-0.3, -0.25) is 14.5 Å². The van der Waals surface area contributed by atoms with Crippen LogP contribution >= 0.6 is 0 Å². The fourth-order valence-electron chi connectivity index (χ4n) is 4.54. The van der Waals surface area contributed by atoms with Crippen LogP contribution in [-0.4, -0.2) is 59.2 Å². The van der Waals surface area contributed by atoms with E-state index in [1.54, 1.807) is 15.9 Å². The molecule has 2 saturated carbocycles. The van der Waals surface area contributed by atoms with Crippen LogP contribution in [0.2, 0.25) is 0 Å². The average molecular weight is 509 g/mol. The van der Waals surface area contributed by atoms with E-state index in [0.29, 0.717) is 62.5 Å². The monoisotopic (exact) mass is 508 g/mol. The van der Waals surface area contributed by atoms with Crippen molar-refractivity contribution in [3.8, 4) is 11.6 Å². The van der Waals surface area contributed by atoms with Gasteiger partial charge < -0.3 is 19.5 Å². The van der Waals surface area contributed by atoms with Crippen LogP contribution in [0.4, 0.5) is 11.5 Å². The molecule has 0 atom stereocenters. The molecule has 0 unspecified atom stereocenters. The highest BCUT2D eigenvalue weighted by atomic mass is 16.5. The van der Waals surface area contributed by atoms with E-state index in [-0.39, 0.29) is 34.9 Å². The molecule has 1 aromatic heterocycles. The summed E-state index contributed by atoms with van der Waals surface area (Å²) in [4.78, 5) is 49.5. The Bertz CT molecular complexity index is 1160. The minimum Gasteiger partial charge on any atom is -0.478 e. The molecule has 10 nitrogen and oxygen atoms in total. The molecule has 0 bridgehead atoms. The molecule has 2 aromatic rings. The van der Waals surface area contributed by atoms with Crippen LogP contribution in [0.5, 0.6) is 11.6 Å². The zero-order valence-electron chi connectivity index (χ0n) is 21.0. The lowest BCUT2D eigenvalue weighted by molar-refractivity contribution is -0.125. The molecule has 2 aliphatic carbocycles. The number of carboxylic acids is 1. The summed E-state index contributed by atoms with van der Waals surface area (Å²) in [5, 5.41) is 9.62.